The van der Waals surface area contributed by atoms with E-state index in [4.69, 9.17) is 4.74 Å². The maximum atomic E-state index is 12.9. The third-order valence-electron chi connectivity index (χ3n) is 5.95. The fourth-order valence-corrected chi connectivity index (χ4v) is 5.48. The molecule has 1 aliphatic heterocycles. The van der Waals surface area contributed by atoms with Gasteiger partial charge in [-0.05, 0) is 68.7 Å². The van der Waals surface area contributed by atoms with Crippen LogP contribution in [-0.4, -0.2) is 58.5 Å². The maximum absolute atomic E-state index is 12.9. The zero-order valence-electron chi connectivity index (χ0n) is 19.1. The summed E-state index contributed by atoms with van der Waals surface area (Å²) in [4.78, 5) is 15.1. The van der Waals surface area contributed by atoms with Crippen molar-refractivity contribution in [3.63, 3.8) is 0 Å². The summed E-state index contributed by atoms with van der Waals surface area (Å²) in [5.41, 5.74) is 2.36. The van der Waals surface area contributed by atoms with Crippen molar-refractivity contribution in [2.24, 2.45) is 5.92 Å². The minimum atomic E-state index is -3.56. The molecule has 0 radical (unpaired) electrons. The summed E-state index contributed by atoms with van der Waals surface area (Å²) < 4.78 is 32.3. The summed E-state index contributed by atoms with van der Waals surface area (Å²) in [5, 5.41) is 3.04. The average Bonchev–Trinajstić information content (AvgIpc) is 2.82. The molecule has 1 heterocycles. The predicted molar refractivity (Wildman–Crippen MR) is 127 cm³/mol. The molecule has 1 saturated heterocycles. The number of anilines is 1. The van der Waals surface area contributed by atoms with Crippen LogP contribution in [0.1, 0.15) is 25.3 Å². The number of hydrogen-bond acceptors (Lipinski definition) is 5. The van der Waals surface area contributed by atoms with Crippen molar-refractivity contribution in [1.82, 2.24) is 9.62 Å². The number of aryl methyl sites for hydroxylation is 1. The molecular formula is C24H33N3O4S. The normalized spacial score (nSPS) is 15.3. The topological polar surface area (TPSA) is 79.0 Å². The Morgan fingerprint density at radius 3 is 2.44 bits per heavy atom. The molecule has 8 heteroatoms. The van der Waals surface area contributed by atoms with Crippen LogP contribution in [0.5, 0.6) is 5.75 Å². The van der Waals surface area contributed by atoms with Gasteiger partial charge in [-0.2, -0.15) is 4.31 Å². The molecule has 2 aromatic rings. The molecule has 1 aliphatic rings. The van der Waals surface area contributed by atoms with Crippen molar-refractivity contribution >= 4 is 21.6 Å². The summed E-state index contributed by atoms with van der Waals surface area (Å²) in [7, 11) is -2.02. The molecule has 1 fully saturated rings. The van der Waals surface area contributed by atoms with E-state index in [0.29, 0.717) is 38.2 Å². The minimum Gasteiger partial charge on any atom is -0.497 e. The van der Waals surface area contributed by atoms with Crippen LogP contribution in [0, 0.1) is 12.8 Å². The number of likely N-dealkylation sites (N-methyl/N-ethyl adjacent to an activating group) is 1. The molecule has 0 atom stereocenters. The SMILES string of the molecule is CCN(CCNC(=O)C1CCN(S(=O)(=O)c2ccc(OC)cc2)CC1)c1cccc(C)c1. The van der Waals surface area contributed by atoms with E-state index in [1.807, 2.05) is 6.07 Å². The Balaban J connectivity index is 1.48. The molecule has 32 heavy (non-hydrogen) atoms. The first-order chi connectivity index (χ1) is 15.3. The Kier molecular flexibility index (Phi) is 8.15. The van der Waals surface area contributed by atoms with Crippen LogP contribution >= 0.6 is 0 Å². The molecule has 1 N–H and O–H groups in total. The fourth-order valence-electron chi connectivity index (χ4n) is 4.01. The minimum absolute atomic E-state index is 0.00629. The third kappa shape index (κ3) is 5.81. The number of rotatable bonds is 9. The molecule has 3 rings (SSSR count). The van der Waals surface area contributed by atoms with Gasteiger partial charge < -0.3 is 15.0 Å². The van der Waals surface area contributed by atoms with E-state index in [1.54, 1.807) is 31.4 Å². The first-order valence-electron chi connectivity index (χ1n) is 11.1. The molecule has 7 nitrogen and oxygen atoms in total. The first-order valence-corrected chi connectivity index (χ1v) is 12.5. The number of hydrogen-bond donors (Lipinski definition) is 1. The van der Waals surface area contributed by atoms with Gasteiger partial charge in [0.25, 0.3) is 0 Å². The van der Waals surface area contributed by atoms with Crippen molar-refractivity contribution < 1.29 is 17.9 Å². The summed E-state index contributed by atoms with van der Waals surface area (Å²) in [6.07, 6.45) is 1.05. The van der Waals surface area contributed by atoms with E-state index in [2.05, 4.69) is 42.3 Å². The number of amides is 1. The summed E-state index contributed by atoms with van der Waals surface area (Å²) >= 11 is 0. The van der Waals surface area contributed by atoms with Crippen molar-refractivity contribution in [3.8, 4) is 5.75 Å². The second kappa shape index (κ2) is 10.8. The van der Waals surface area contributed by atoms with Crippen molar-refractivity contribution in [3.05, 3.63) is 54.1 Å². The van der Waals surface area contributed by atoms with Crippen molar-refractivity contribution in [2.45, 2.75) is 31.6 Å². The Morgan fingerprint density at radius 2 is 1.84 bits per heavy atom. The zero-order chi connectivity index (χ0) is 23.1. The van der Waals surface area contributed by atoms with E-state index in [9.17, 15) is 13.2 Å². The van der Waals surface area contributed by atoms with E-state index < -0.39 is 10.0 Å². The largest absolute Gasteiger partial charge is 0.497 e. The maximum Gasteiger partial charge on any atom is 0.243 e. The lowest BCUT2D eigenvalue weighted by molar-refractivity contribution is -0.126. The van der Waals surface area contributed by atoms with Crippen LogP contribution in [0.3, 0.4) is 0 Å². The number of carbonyl (C=O) groups excluding carboxylic acids is 1. The zero-order valence-corrected chi connectivity index (χ0v) is 19.9. The fraction of sp³-hybridized carbons (Fsp3) is 0.458. The highest BCUT2D eigenvalue weighted by Gasteiger charge is 2.32. The highest BCUT2D eigenvalue weighted by molar-refractivity contribution is 7.89. The molecular weight excluding hydrogens is 426 g/mol. The van der Waals surface area contributed by atoms with Crippen LogP contribution < -0.4 is 15.0 Å². The molecule has 0 aliphatic carbocycles. The molecule has 2 aromatic carbocycles. The lowest BCUT2D eigenvalue weighted by atomic mass is 9.97. The number of nitrogens with one attached hydrogen (secondary N) is 1. The van der Waals surface area contributed by atoms with Gasteiger partial charge in [-0.15, -0.1) is 0 Å². The molecule has 0 saturated carbocycles. The van der Waals surface area contributed by atoms with Crippen LogP contribution in [0.15, 0.2) is 53.4 Å². The molecule has 0 unspecified atom stereocenters. The number of carbonyl (C=O) groups is 1. The van der Waals surface area contributed by atoms with Gasteiger partial charge in [0.05, 0.1) is 12.0 Å². The van der Waals surface area contributed by atoms with Gasteiger partial charge >= 0.3 is 0 Å². The Hall–Kier alpha value is -2.58. The van der Waals surface area contributed by atoms with Gasteiger partial charge in [0.15, 0.2) is 0 Å². The lowest BCUT2D eigenvalue weighted by Crippen LogP contribution is -2.44. The number of nitrogens with zero attached hydrogens (tertiary/aromatic N) is 2. The predicted octanol–water partition coefficient (Wildman–Crippen LogP) is 3.05. The Labute approximate surface area is 191 Å². The van der Waals surface area contributed by atoms with E-state index >= 15 is 0 Å². The number of piperidine rings is 1. The standard InChI is InChI=1S/C24H33N3O4S/c1-4-26(21-7-5-6-19(2)18-21)17-14-25-24(28)20-12-15-27(16-13-20)32(29,30)23-10-8-22(31-3)9-11-23/h5-11,18,20H,4,12-17H2,1-3H3,(H,25,28). The Morgan fingerprint density at radius 1 is 1.16 bits per heavy atom. The quantitative estimate of drug-likeness (QED) is 0.624. The number of ether oxygens (including phenoxy) is 1. The molecule has 0 aromatic heterocycles. The van der Waals surface area contributed by atoms with Crippen molar-refractivity contribution in [2.75, 3.05) is 44.7 Å². The Bertz CT molecular complexity index is 1000. The molecule has 174 valence electrons. The van der Waals surface area contributed by atoms with Crippen LogP contribution in [-0.2, 0) is 14.8 Å². The van der Waals surface area contributed by atoms with E-state index in [0.717, 1.165) is 18.8 Å². The molecule has 0 spiro atoms. The third-order valence-corrected chi connectivity index (χ3v) is 7.86. The van der Waals surface area contributed by atoms with Crippen LogP contribution in [0.25, 0.3) is 0 Å². The van der Waals surface area contributed by atoms with E-state index in [1.165, 1.54) is 9.87 Å². The number of sulfonamides is 1. The van der Waals surface area contributed by atoms with Gasteiger partial charge in [-0.3, -0.25) is 4.79 Å². The van der Waals surface area contributed by atoms with Crippen LogP contribution in [0.4, 0.5) is 5.69 Å². The highest BCUT2D eigenvalue weighted by atomic mass is 32.2. The summed E-state index contributed by atoms with van der Waals surface area (Å²) in [5.74, 6) is 0.460. The van der Waals surface area contributed by atoms with Gasteiger partial charge in [0, 0.05) is 44.3 Å². The van der Waals surface area contributed by atoms with Gasteiger partial charge in [-0.25, -0.2) is 8.42 Å². The van der Waals surface area contributed by atoms with E-state index in [-0.39, 0.29) is 16.7 Å². The second-order valence-electron chi connectivity index (χ2n) is 8.06. The van der Waals surface area contributed by atoms with Gasteiger partial charge in [-0.1, -0.05) is 12.1 Å². The lowest BCUT2D eigenvalue weighted by Gasteiger charge is -2.31. The second-order valence-corrected chi connectivity index (χ2v) is 10.0. The van der Waals surface area contributed by atoms with Gasteiger partial charge in [0.2, 0.25) is 15.9 Å². The van der Waals surface area contributed by atoms with Crippen LogP contribution in [0.2, 0.25) is 0 Å². The van der Waals surface area contributed by atoms with Gasteiger partial charge in [0.1, 0.15) is 5.75 Å². The monoisotopic (exact) mass is 459 g/mol. The molecule has 0 bridgehead atoms. The highest BCUT2D eigenvalue weighted by Crippen LogP contribution is 2.25. The average molecular weight is 460 g/mol. The molecule has 1 amide bonds. The van der Waals surface area contributed by atoms with Crippen molar-refractivity contribution in [1.29, 1.82) is 0 Å². The smallest absolute Gasteiger partial charge is 0.243 e. The summed E-state index contributed by atoms with van der Waals surface area (Å²) in [6.45, 7) is 7.01. The first kappa shape index (κ1) is 24.1. The number of methoxy groups -OCH3 is 1. The summed E-state index contributed by atoms with van der Waals surface area (Å²) in [6, 6.07) is 14.7. The number of benzene rings is 2.